The first-order chi connectivity index (χ1) is 16.8. The van der Waals surface area contributed by atoms with E-state index in [1.54, 1.807) is 0 Å². The van der Waals surface area contributed by atoms with Gasteiger partial charge in [-0.15, -0.1) is 0 Å². The highest BCUT2D eigenvalue weighted by molar-refractivity contribution is 5.96. The maximum Gasteiger partial charge on any atom is 0.322 e. The van der Waals surface area contributed by atoms with Crippen molar-refractivity contribution in [2.45, 2.75) is 64.3 Å². The standard InChI is InChI=1S/C25H35F2N5O3/c1-17-15-20(7-8-21(17)22(33)32-11-3-6-19(32)16-28)34-14-4-5-18-9-12-31(13-10-18)24-29-23(35-30-24)25(2,26)27/h7-8,15,18-19H,3-6,9-14,16,28H2,1-2H3. The number of amides is 1. The highest BCUT2D eigenvalue weighted by Gasteiger charge is 2.33. The topological polar surface area (TPSA) is 97.7 Å². The Morgan fingerprint density at radius 1 is 1.26 bits per heavy atom. The number of aryl methyl sites for hydroxylation is 1. The van der Waals surface area contributed by atoms with Crippen molar-refractivity contribution >= 4 is 11.9 Å². The summed E-state index contributed by atoms with van der Waals surface area (Å²) in [5, 5.41) is 3.71. The Labute approximate surface area is 204 Å². The largest absolute Gasteiger partial charge is 0.494 e. The quantitative estimate of drug-likeness (QED) is 0.527. The number of nitrogens with zero attached hydrogens (tertiary/aromatic N) is 4. The molecule has 2 aromatic rings. The molecule has 0 aliphatic carbocycles. The second kappa shape index (κ2) is 10.9. The summed E-state index contributed by atoms with van der Waals surface area (Å²) >= 11 is 0. The van der Waals surface area contributed by atoms with Crippen molar-refractivity contribution in [3.8, 4) is 5.75 Å². The van der Waals surface area contributed by atoms with Crippen LogP contribution in [0.3, 0.4) is 0 Å². The van der Waals surface area contributed by atoms with Crippen molar-refractivity contribution in [2.75, 3.05) is 37.7 Å². The van der Waals surface area contributed by atoms with Gasteiger partial charge >= 0.3 is 5.92 Å². The number of carbonyl (C=O) groups excluding carboxylic acids is 1. The second-order valence-electron chi connectivity index (χ2n) is 9.72. The molecule has 1 aromatic heterocycles. The summed E-state index contributed by atoms with van der Waals surface area (Å²) in [5.74, 6) is -2.16. The van der Waals surface area contributed by atoms with Crippen molar-refractivity contribution in [3.05, 3.63) is 35.2 Å². The number of benzene rings is 1. The van der Waals surface area contributed by atoms with E-state index in [4.69, 9.17) is 15.0 Å². The third-order valence-electron chi connectivity index (χ3n) is 7.05. The summed E-state index contributed by atoms with van der Waals surface area (Å²) in [6, 6.07) is 5.78. The molecule has 8 nitrogen and oxygen atoms in total. The van der Waals surface area contributed by atoms with E-state index in [2.05, 4.69) is 10.1 Å². The van der Waals surface area contributed by atoms with Gasteiger partial charge in [-0.1, -0.05) is 0 Å². The van der Waals surface area contributed by atoms with E-state index in [1.165, 1.54) is 0 Å². The number of alkyl halides is 2. The molecule has 2 fully saturated rings. The first kappa shape index (κ1) is 25.3. The normalized spacial score (nSPS) is 19.4. The molecule has 2 aliphatic rings. The molecule has 1 aromatic carbocycles. The average Bonchev–Trinajstić information content (AvgIpc) is 3.52. The number of halogens is 2. The van der Waals surface area contributed by atoms with E-state index in [0.717, 1.165) is 76.4 Å². The van der Waals surface area contributed by atoms with Crippen LogP contribution in [0.5, 0.6) is 5.75 Å². The number of anilines is 1. The lowest BCUT2D eigenvalue weighted by atomic mass is 9.92. The average molecular weight is 492 g/mol. The number of aromatic nitrogens is 2. The summed E-state index contributed by atoms with van der Waals surface area (Å²) < 4.78 is 37.3. The molecule has 1 unspecified atom stereocenters. The number of likely N-dealkylation sites (tertiary alicyclic amines) is 1. The lowest BCUT2D eigenvalue weighted by Gasteiger charge is -2.30. The number of ether oxygens (including phenoxy) is 1. The van der Waals surface area contributed by atoms with Gasteiger partial charge in [-0.3, -0.25) is 4.79 Å². The Morgan fingerprint density at radius 3 is 2.69 bits per heavy atom. The van der Waals surface area contributed by atoms with Gasteiger partial charge < -0.3 is 24.8 Å². The minimum Gasteiger partial charge on any atom is -0.494 e. The fourth-order valence-corrected chi connectivity index (χ4v) is 4.97. The van der Waals surface area contributed by atoms with E-state index in [1.807, 2.05) is 34.9 Å². The molecular weight excluding hydrogens is 456 g/mol. The third-order valence-corrected chi connectivity index (χ3v) is 7.05. The van der Waals surface area contributed by atoms with Gasteiger partial charge in [0.1, 0.15) is 5.75 Å². The minimum atomic E-state index is -3.13. The number of piperidine rings is 1. The number of carbonyl (C=O) groups is 1. The molecule has 2 N–H and O–H groups in total. The molecule has 0 saturated carbocycles. The zero-order valence-corrected chi connectivity index (χ0v) is 20.5. The van der Waals surface area contributed by atoms with Gasteiger partial charge in [0, 0.05) is 44.7 Å². The van der Waals surface area contributed by atoms with Crippen LogP contribution in [0.15, 0.2) is 22.7 Å². The van der Waals surface area contributed by atoms with E-state index in [-0.39, 0.29) is 17.9 Å². The number of hydrogen-bond acceptors (Lipinski definition) is 7. The molecule has 4 rings (SSSR count). The fourth-order valence-electron chi connectivity index (χ4n) is 4.97. The van der Waals surface area contributed by atoms with Crippen LogP contribution in [0.4, 0.5) is 14.7 Å². The molecule has 0 radical (unpaired) electrons. The monoisotopic (exact) mass is 491 g/mol. The van der Waals surface area contributed by atoms with E-state index < -0.39 is 11.8 Å². The van der Waals surface area contributed by atoms with Crippen LogP contribution in [0.25, 0.3) is 0 Å². The predicted octanol–water partition coefficient (Wildman–Crippen LogP) is 4.13. The van der Waals surface area contributed by atoms with Crippen molar-refractivity contribution in [3.63, 3.8) is 0 Å². The van der Waals surface area contributed by atoms with Crippen molar-refractivity contribution in [1.82, 2.24) is 15.0 Å². The summed E-state index contributed by atoms with van der Waals surface area (Å²) in [7, 11) is 0. The van der Waals surface area contributed by atoms with E-state index in [9.17, 15) is 13.6 Å². The minimum absolute atomic E-state index is 0.0498. The van der Waals surface area contributed by atoms with Crippen LogP contribution < -0.4 is 15.4 Å². The molecule has 2 saturated heterocycles. The van der Waals surface area contributed by atoms with Crippen LogP contribution in [0, 0.1) is 12.8 Å². The third kappa shape index (κ3) is 6.09. The van der Waals surface area contributed by atoms with Gasteiger partial charge in [0.05, 0.1) is 6.61 Å². The molecule has 2 aliphatic heterocycles. The Balaban J connectivity index is 1.19. The van der Waals surface area contributed by atoms with Crippen LogP contribution in [0.2, 0.25) is 0 Å². The molecule has 0 spiro atoms. The Kier molecular flexibility index (Phi) is 7.88. The molecule has 0 bridgehead atoms. The lowest BCUT2D eigenvalue weighted by molar-refractivity contribution is -0.0158. The van der Waals surface area contributed by atoms with Crippen molar-refractivity contribution in [1.29, 1.82) is 0 Å². The van der Waals surface area contributed by atoms with E-state index >= 15 is 0 Å². The highest BCUT2D eigenvalue weighted by Crippen LogP contribution is 2.29. The van der Waals surface area contributed by atoms with E-state index in [0.29, 0.717) is 24.6 Å². The number of rotatable bonds is 9. The van der Waals surface area contributed by atoms with Crippen molar-refractivity contribution in [2.24, 2.45) is 11.7 Å². The second-order valence-corrected chi connectivity index (χ2v) is 9.72. The molecule has 1 amide bonds. The highest BCUT2D eigenvalue weighted by atomic mass is 19.3. The first-order valence-corrected chi connectivity index (χ1v) is 12.5. The van der Waals surface area contributed by atoms with Crippen LogP contribution in [-0.4, -0.2) is 59.8 Å². The SMILES string of the molecule is Cc1cc(OCCCC2CCN(c3noc(C(C)(F)F)n3)CC2)ccc1C(=O)N1CCCC1CN. The Morgan fingerprint density at radius 2 is 2.03 bits per heavy atom. The molecule has 3 heterocycles. The van der Waals surface area contributed by atoms with Crippen molar-refractivity contribution < 1.29 is 22.8 Å². The summed E-state index contributed by atoms with van der Waals surface area (Å²) in [4.78, 5) is 20.6. The summed E-state index contributed by atoms with van der Waals surface area (Å²) in [6.07, 6.45) is 5.82. The number of hydrogen-bond donors (Lipinski definition) is 1. The Hall–Kier alpha value is -2.75. The van der Waals surface area contributed by atoms with Gasteiger partial charge in [-0.2, -0.15) is 13.8 Å². The molecule has 35 heavy (non-hydrogen) atoms. The maximum atomic E-state index is 13.3. The number of nitrogens with two attached hydrogens (primary N) is 1. The maximum absolute atomic E-state index is 13.3. The van der Waals surface area contributed by atoms with Gasteiger partial charge in [-0.05, 0) is 80.3 Å². The molecular formula is C25H35F2N5O3. The molecule has 192 valence electrons. The summed E-state index contributed by atoms with van der Waals surface area (Å²) in [6.45, 7) is 6.00. The van der Waals surface area contributed by atoms with Gasteiger partial charge in [-0.25, -0.2) is 0 Å². The molecule has 1 atom stereocenters. The molecule has 10 heteroatoms. The predicted molar refractivity (Wildman–Crippen MR) is 128 cm³/mol. The summed E-state index contributed by atoms with van der Waals surface area (Å²) in [5.41, 5.74) is 7.44. The smallest absolute Gasteiger partial charge is 0.322 e. The van der Waals surface area contributed by atoms with Crippen LogP contribution in [0.1, 0.15) is 67.3 Å². The first-order valence-electron chi connectivity index (χ1n) is 12.5. The zero-order valence-electron chi connectivity index (χ0n) is 20.5. The zero-order chi connectivity index (χ0) is 25.0. The Bertz CT molecular complexity index is 1000. The van der Waals surface area contributed by atoms with Crippen LogP contribution in [-0.2, 0) is 5.92 Å². The lowest BCUT2D eigenvalue weighted by Crippen LogP contribution is -2.40. The fraction of sp³-hybridized carbons (Fsp3) is 0.640. The van der Waals surface area contributed by atoms with Crippen LogP contribution >= 0.6 is 0 Å². The van der Waals surface area contributed by atoms with Gasteiger partial charge in [0.15, 0.2) is 0 Å². The van der Waals surface area contributed by atoms with Gasteiger partial charge in [0.25, 0.3) is 17.7 Å². The van der Waals surface area contributed by atoms with Gasteiger partial charge in [0.2, 0.25) is 0 Å².